The summed E-state index contributed by atoms with van der Waals surface area (Å²) in [5.74, 6) is -0.105. The zero-order chi connectivity index (χ0) is 24.1. The second-order valence-corrected chi connectivity index (χ2v) is 9.45. The zero-order valence-corrected chi connectivity index (χ0v) is 19.9. The van der Waals surface area contributed by atoms with Crippen LogP contribution in [0.3, 0.4) is 0 Å². The van der Waals surface area contributed by atoms with E-state index in [0.29, 0.717) is 32.6 Å². The number of piperazine rings is 1. The minimum Gasteiger partial charge on any atom is -0.444 e. The van der Waals surface area contributed by atoms with Crippen molar-refractivity contribution < 1.29 is 14.3 Å². The lowest BCUT2D eigenvalue weighted by atomic mass is 10.0. The van der Waals surface area contributed by atoms with E-state index >= 15 is 0 Å². The van der Waals surface area contributed by atoms with Gasteiger partial charge in [0.05, 0.1) is 17.4 Å². The number of hydrogen-bond acceptors (Lipinski definition) is 6. The molecule has 0 unspecified atom stereocenters. The highest BCUT2D eigenvalue weighted by molar-refractivity contribution is 5.91. The number of aromatic nitrogens is 2. The van der Waals surface area contributed by atoms with Gasteiger partial charge in [0.2, 0.25) is 5.91 Å². The number of nitrogens with one attached hydrogen (secondary N) is 1. The number of benzene rings is 2. The summed E-state index contributed by atoms with van der Waals surface area (Å²) in [6.45, 7) is 7.86. The van der Waals surface area contributed by atoms with Crippen molar-refractivity contribution in [3.05, 3.63) is 66.4 Å². The van der Waals surface area contributed by atoms with Crippen LogP contribution < -0.4 is 10.2 Å². The smallest absolute Gasteiger partial charge is 0.408 e. The summed E-state index contributed by atoms with van der Waals surface area (Å²) < 4.78 is 5.42. The van der Waals surface area contributed by atoms with E-state index in [1.165, 1.54) is 0 Å². The molecule has 1 aliphatic rings. The Balaban J connectivity index is 1.45. The van der Waals surface area contributed by atoms with E-state index < -0.39 is 17.7 Å². The van der Waals surface area contributed by atoms with E-state index in [2.05, 4.69) is 20.4 Å². The summed E-state index contributed by atoms with van der Waals surface area (Å²) in [6, 6.07) is 16.9. The van der Waals surface area contributed by atoms with Crippen molar-refractivity contribution in [1.82, 2.24) is 20.4 Å². The molecule has 4 rings (SSSR count). The molecule has 0 spiro atoms. The van der Waals surface area contributed by atoms with Crippen LogP contribution in [0.4, 0.5) is 10.5 Å². The fourth-order valence-electron chi connectivity index (χ4n) is 4.13. The van der Waals surface area contributed by atoms with Gasteiger partial charge >= 0.3 is 6.09 Å². The number of carbonyl (C=O) groups is 2. The lowest BCUT2D eigenvalue weighted by Gasteiger charge is -2.38. The number of hydrogen-bond donors (Lipinski definition) is 1. The van der Waals surface area contributed by atoms with E-state index in [0.717, 1.165) is 22.2 Å². The highest BCUT2D eigenvalue weighted by Crippen LogP contribution is 2.25. The number of anilines is 1. The van der Waals surface area contributed by atoms with E-state index in [9.17, 15) is 9.59 Å². The van der Waals surface area contributed by atoms with Gasteiger partial charge in [-0.15, -0.1) is 0 Å². The highest BCUT2D eigenvalue weighted by Gasteiger charge is 2.30. The Kier molecular flexibility index (Phi) is 6.95. The van der Waals surface area contributed by atoms with Crippen LogP contribution in [0.2, 0.25) is 0 Å². The first kappa shape index (κ1) is 23.5. The highest BCUT2D eigenvalue weighted by atomic mass is 16.6. The Bertz CT molecular complexity index is 1130. The predicted octanol–water partition coefficient (Wildman–Crippen LogP) is 3.41. The molecule has 3 aromatic rings. The largest absolute Gasteiger partial charge is 0.444 e. The normalized spacial score (nSPS) is 15.1. The number of nitrogens with zero attached hydrogens (tertiary/aromatic N) is 4. The Hall–Kier alpha value is -3.68. The van der Waals surface area contributed by atoms with Gasteiger partial charge in [-0.05, 0) is 32.4 Å². The van der Waals surface area contributed by atoms with Crippen LogP contribution in [0.25, 0.3) is 10.9 Å². The summed E-state index contributed by atoms with van der Waals surface area (Å²) in [5, 5.41) is 12.2. The van der Waals surface area contributed by atoms with E-state index in [1.54, 1.807) is 27.0 Å². The number of rotatable bonds is 5. The summed E-state index contributed by atoms with van der Waals surface area (Å²) in [4.78, 5) is 30.0. The fraction of sp³-hybridized carbons (Fsp3) is 0.385. The molecule has 2 amide bonds. The molecule has 0 radical (unpaired) electrons. The van der Waals surface area contributed by atoms with Crippen molar-refractivity contribution in [2.45, 2.75) is 38.8 Å². The standard InChI is InChI=1S/C26H31N5O3/c1-26(2,3)34-25(33)28-22(17-19-9-5-4-6-10-19)24(32)31-15-13-30(14-16-31)23-18-27-29-21-12-8-7-11-20(21)23/h4-12,18,22H,13-17H2,1-3H3,(H,28,33)/t22-/m1/s1. The average Bonchev–Trinajstić information content (AvgIpc) is 2.82. The number of alkyl carbamates (subject to hydrolysis) is 1. The zero-order valence-electron chi connectivity index (χ0n) is 19.9. The van der Waals surface area contributed by atoms with Gasteiger partial charge < -0.3 is 19.9 Å². The molecule has 1 N–H and O–H groups in total. The van der Waals surface area contributed by atoms with Gasteiger partial charge in [-0.2, -0.15) is 10.2 Å². The minimum atomic E-state index is -0.702. The van der Waals surface area contributed by atoms with E-state index in [4.69, 9.17) is 4.74 Å². The predicted molar refractivity (Wildman–Crippen MR) is 132 cm³/mol. The molecule has 1 atom stereocenters. The van der Waals surface area contributed by atoms with Crippen LogP contribution in [0.15, 0.2) is 60.8 Å². The molecule has 2 aromatic carbocycles. The third kappa shape index (κ3) is 5.81. The van der Waals surface area contributed by atoms with Crippen molar-refractivity contribution in [1.29, 1.82) is 0 Å². The van der Waals surface area contributed by atoms with Crippen LogP contribution in [0.1, 0.15) is 26.3 Å². The molecule has 1 aromatic heterocycles. The van der Waals surface area contributed by atoms with Gasteiger partial charge in [0, 0.05) is 38.0 Å². The molecular formula is C26H31N5O3. The summed E-state index contributed by atoms with van der Waals surface area (Å²) >= 11 is 0. The minimum absolute atomic E-state index is 0.105. The molecule has 0 bridgehead atoms. The maximum Gasteiger partial charge on any atom is 0.408 e. The topological polar surface area (TPSA) is 87.7 Å². The molecule has 178 valence electrons. The first-order valence-corrected chi connectivity index (χ1v) is 11.6. The van der Waals surface area contributed by atoms with Crippen molar-refractivity contribution >= 4 is 28.6 Å². The van der Waals surface area contributed by atoms with E-state index in [1.807, 2.05) is 59.5 Å². The van der Waals surface area contributed by atoms with Crippen LogP contribution in [-0.4, -0.2) is 64.9 Å². The lowest BCUT2D eigenvalue weighted by molar-refractivity contribution is -0.133. The lowest BCUT2D eigenvalue weighted by Crippen LogP contribution is -2.56. The Morgan fingerprint density at radius 3 is 2.38 bits per heavy atom. The molecular weight excluding hydrogens is 430 g/mol. The van der Waals surface area contributed by atoms with Crippen LogP contribution in [-0.2, 0) is 16.0 Å². The van der Waals surface area contributed by atoms with Crippen LogP contribution in [0.5, 0.6) is 0 Å². The Morgan fingerprint density at radius 1 is 1.00 bits per heavy atom. The number of fused-ring (bicyclic) bond motifs is 1. The van der Waals surface area contributed by atoms with Gasteiger partial charge in [-0.3, -0.25) is 4.79 Å². The molecule has 2 heterocycles. The quantitative estimate of drug-likeness (QED) is 0.627. The SMILES string of the molecule is CC(C)(C)OC(=O)N[C@H](Cc1ccccc1)C(=O)N1CCN(c2cnnc3ccccc23)CC1. The molecule has 34 heavy (non-hydrogen) atoms. The summed E-state index contributed by atoms with van der Waals surface area (Å²) in [6.07, 6.45) is 1.59. The Labute approximate surface area is 199 Å². The fourth-order valence-corrected chi connectivity index (χ4v) is 4.13. The van der Waals surface area contributed by atoms with Crippen molar-refractivity contribution in [2.75, 3.05) is 31.1 Å². The van der Waals surface area contributed by atoms with Crippen molar-refractivity contribution in [2.24, 2.45) is 0 Å². The van der Waals surface area contributed by atoms with Gasteiger partial charge in [0.1, 0.15) is 11.6 Å². The van der Waals surface area contributed by atoms with Crippen molar-refractivity contribution in [3.8, 4) is 0 Å². The monoisotopic (exact) mass is 461 g/mol. The molecule has 0 aliphatic carbocycles. The summed E-state index contributed by atoms with van der Waals surface area (Å²) in [7, 11) is 0. The molecule has 1 saturated heterocycles. The first-order chi connectivity index (χ1) is 16.3. The second kappa shape index (κ2) is 10.1. The van der Waals surface area contributed by atoms with Gasteiger partial charge in [0.15, 0.2) is 0 Å². The molecule has 1 aliphatic heterocycles. The number of amides is 2. The molecule has 0 saturated carbocycles. The van der Waals surface area contributed by atoms with Gasteiger partial charge in [-0.1, -0.05) is 48.5 Å². The summed E-state index contributed by atoms with van der Waals surface area (Å²) in [5.41, 5.74) is 2.20. The average molecular weight is 462 g/mol. The molecule has 1 fully saturated rings. The first-order valence-electron chi connectivity index (χ1n) is 11.6. The van der Waals surface area contributed by atoms with Crippen LogP contribution >= 0.6 is 0 Å². The maximum absolute atomic E-state index is 13.5. The number of ether oxygens (including phenoxy) is 1. The van der Waals surface area contributed by atoms with Crippen molar-refractivity contribution in [3.63, 3.8) is 0 Å². The third-order valence-corrected chi connectivity index (χ3v) is 5.73. The third-order valence-electron chi connectivity index (χ3n) is 5.73. The molecule has 8 heteroatoms. The second-order valence-electron chi connectivity index (χ2n) is 9.45. The van der Waals surface area contributed by atoms with E-state index in [-0.39, 0.29) is 5.91 Å². The maximum atomic E-state index is 13.5. The van der Waals surface area contributed by atoms with Gasteiger partial charge in [0.25, 0.3) is 0 Å². The Morgan fingerprint density at radius 2 is 1.68 bits per heavy atom. The van der Waals surface area contributed by atoms with Crippen LogP contribution in [0, 0.1) is 0 Å². The number of carbonyl (C=O) groups excluding carboxylic acids is 2. The molecule has 8 nitrogen and oxygen atoms in total. The van der Waals surface area contributed by atoms with Gasteiger partial charge in [-0.25, -0.2) is 4.79 Å².